The van der Waals surface area contributed by atoms with Gasteiger partial charge in [0.2, 0.25) is 10.0 Å². The second kappa shape index (κ2) is 5.93. The van der Waals surface area contributed by atoms with Crippen LogP contribution in [-0.2, 0) is 20.9 Å². The third kappa shape index (κ3) is 3.46. The van der Waals surface area contributed by atoms with Gasteiger partial charge < -0.3 is 0 Å². The summed E-state index contributed by atoms with van der Waals surface area (Å²) in [6.45, 7) is 3.60. The molecule has 2 rings (SSSR count). The largest absolute Gasteiger partial charge is 0.248 e. The van der Waals surface area contributed by atoms with Crippen molar-refractivity contribution in [3.63, 3.8) is 0 Å². The van der Waals surface area contributed by atoms with Gasteiger partial charge in [0.1, 0.15) is 5.01 Å². The fourth-order valence-electron chi connectivity index (χ4n) is 1.73. The van der Waals surface area contributed by atoms with Gasteiger partial charge in [-0.15, -0.1) is 11.3 Å². The molecule has 0 atom stereocenters. The number of alkyl halides is 1. The first-order chi connectivity index (χ1) is 9.35. The molecule has 0 radical (unpaired) electrons. The zero-order chi connectivity index (χ0) is 14.8. The minimum atomic E-state index is -3.57. The van der Waals surface area contributed by atoms with Gasteiger partial charge in [0.15, 0.2) is 0 Å². The molecule has 0 spiro atoms. The van der Waals surface area contributed by atoms with E-state index in [4.69, 9.17) is 0 Å². The number of sulfonamides is 1. The van der Waals surface area contributed by atoms with E-state index in [9.17, 15) is 8.42 Å². The summed E-state index contributed by atoms with van der Waals surface area (Å²) in [7, 11) is -3.57. The van der Waals surface area contributed by atoms with Crippen molar-refractivity contribution >= 4 is 37.3 Å². The zero-order valence-electron chi connectivity index (χ0n) is 11.1. The highest BCUT2D eigenvalue weighted by atomic mass is 79.9. The van der Waals surface area contributed by atoms with Crippen LogP contribution in [0.5, 0.6) is 0 Å². The van der Waals surface area contributed by atoms with Crippen LogP contribution in [-0.4, -0.2) is 13.4 Å². The van der Waals surface area contributed by atoms with E-state index in [1.54, 1.807) is 44.3 Å². The fourth-order valence-corrected chi connectivity index (χ4v) is 4.27. The van der Waals surface area contributed by atoms with Gasteiger partial charge in [-0.1, -0.05) is 28.1 Å². The molecule has 0 unspecified atom stereocenters. The number of hydrogen-bond donors (Lipinski definition) is 1. The lowest BCUT2D eigenvalue weighted by Gasteiger charge is -2.23. The van der Waals surface area contributed by atoms with E-state index in [1.807, 2.05) is 5.38 Å². The minimum Gasteiger partial charge on any atom is -0.248 e. The molecular formula is C13H15BrN2O2S2. The van der Waals surface area contributed by atoms with Crippen LogP contribution < -0.4 is 4.72 Å². The van der Waals surface area contributed by atoms with Gasteiger partial charge in [-0.05, 0) is 31.5 Å². The van der Waals surface area contributed by atoms with Crippen molar-refractivity contribution in [2.75, 3.05) is 0 Å². The lowest BCUT2D eigenvalue weighted by atomic mass is 10.1. The Morgan fingerprint density at radius 2 is 1.95 bits per heavy atom. The maximum atomic E-state index is 12.4. The molecule has 7 heteroatoms. The highest BCUT2D eigenvalue weighted by Gasteiger charge is 2.29. The zero-order valence-corrected chi connectivity index (χ0v) is 14.3. The number of rotatable bonds is 5. The number of halogens is 1. The quantitative estimate of drug-likeness (QED) is 0.817. The summed E-state index contributed by atoms with van der Waals surface area (Å²) in [6.07, 6.45) is 1.67. The first-order valence-corrected chi connectivity index (χ1v) is 9.42. The van der Waals surface area contributed by atoms with Gasteiger partial charge in [-0.25, -0.2) is 13.4 Å². The Kier molecular flexibility index (Phi) is 4.63. The number of thiazole rings is 1. The van der Waals surface area contributed by atoms with E-state index in [2.05, 4.69) is 25.6 Å². The van der Waals surface area contributed by atoms with E-state index in [1.165, 1.54) is 11.3 Å². The predicted molar refractivity (Wildman–Crippen MR) is 84.5 cm³/mol. The smallest absolute Gasteiger partial charge is 0.241 e. The van der Waals surface area contributed by atoms with Gasteiger partial charge in [-0.3, -0.25) is 0 Å². The highest BCUT2D eigenvalue weighted by molar-refractivity contribution is 9.08. The molecule has 1 heterocycles. The SMILES string of the molecule is CC(C)(NS(=O)(=O)c1ccc(CBr)cc1)c1nccs1. The van der Waals surface area contributed by atoms with Crippen LogP contribution in [0.25, 0.3) is 0 Å². The Morgan fingerprint density at radius 1 is 1.30 bits per heavy atom. The Bertz CT molecular complexity index is 665. The van der Waals surface area contributed by atoms with Crippen LogP contribution in [0.15, 0.2) is 40.7 Å². The summed E-state index contributed by atoms with van der Waals surface area (Å²) in [5.41, 5.74) is 0.296. The maximum absolute atomic E-state index is 12.4. The molecule has 108 valence electrons. The third-order valence-electron chi connectivity index (χ3n) is 2.74. The molecule has 0 fully saturated rings. The summed E-state index contributed by atoms with van der Waals surface area (Å²) < 4.78 is 27.5. The third-order valence-corrected chi connectivity index (χ3v) is 6.16. The average Bonchev–Trinajstić information content (AvgIpc) is 2.92. The Morgan fingerprint density at radius 3 is 2.45 bits per heavy atom. The van der Waals surface area contributed by atoms with Crippen molar-refractivity contribution in [1.29, 1.82) is 0 Å². The number of aromatic nitrogens is 1. The van der Waals surface area contributed by atoms with Crippen molar-refractivity contribution in [2.24, 2.45) is 0 Å². The van der Waals surface area contributed by atoms with Crippen LogP contribution in [0.3, 0.4) is 0 Å². The fraction of sp³-hybridized carbons (Fsp3) is 0.308. The predicted octanol–water partition coefficient (Wildman–Crippen LogP) is 3.25. The van der Waals surface area contributed by atoms with Crippen LogP contribution in [0.4, 0.5) is 0 Å². The molecule has 0 aliphatic heterocycles. The van der Waals surface area contributed by atoms with Crippen molar-refractivity contribution in [2.45, 2.75) is 29.6 Å². The van der Waals surface area contributed by atoms with Crippen molar-refractivity contribution < 1.29 is 8.42 Å². The van der Waals surface area contributed by atoms with E-state index in [-0.39, 0.29) is 4.90 Å². The standard InChI is InChI=1S/C13H15BrN2O2S2/c1-13(2,12-15-7-8-19-12)16-20(17,18)11-5-3-10(9-14)4-6-11/h3-8,16H,9H2,1-2H3. The van der Waals surface area contributed by atoms with Crippen molar-refractivity contribution in [3.8, 4) is 0 Å². The van der Waals surface area contributed by atoms with E-state index in [0.29, 0.717) is 5.33 Å². The van der Waals surface area contributed by atoms with Crippen LogP contribution in [0.1, 0.15) is 24.4 Å². The molecule has 0 aliphatic rings. The average molecular weight is 375 g/mol. The van der Waals surface area contributed by atoms with Crippen molar-refractivity contribution in [3.05, 3.63) is 46.4 Å². The van der Waals surface area contributed by atoms with Crippen LogP contribution >= 0.6 is 27.3 Å². The molecule has 1 aromatic heterocycles. The van der Waals surface area contributed by atoms with Crippen molar-refractivity contribution in [1.82, 2.24) is 9.71 Å². The summed E-state index contributed by atoms with van der Waals surface area (Å²) in [5, 5.41) is 3.26. The lowest BCUT2D eigenvalue weighted by molar-refractivity contribution is 0.470. The Labute approximate surface area is 131 Å². The van der Waals surface area contributed by atoms with Gasteiger partial charge in [0.25, 0.3) is 0 Å². The maximum Gasteiger partial charge on any atom is 0.241 e. The van der Waals surface area contributed by atoms with E-state index in [0.717, 1.165) is 10.6 Å². The van der Waals surface area contributed by atoms with Gasteiger partial charge in [-0.2, -0.15) is 4.72 Å². The Hall–Kier alpha value is -0.760. The Balaban J connectivity index is 2.26. The highest BCUT2D eigenvalue weighted by Crippen LogP contribution is 2.25. The first kappa shape index (κ1) is 15.6. The summed E-state index contributed by atoms with van der Waals surface area (Å²) >= 11 is 4.76. The first-order valence-electron chi connectivity index (χ1n) is 5.94. The summed E-state index contributed by atoms with van der Waals surface area (Å²) in [5.74, 6) is 0. The molecule has 0 aliphatic carbocycles. The normalized spacial score (nSPS) is 12.6. The number of benzene rings is 1. The molecule has 4 nitrogen and oxygen atoms in total. The second-order valence-corrected chi connectivity index (χ2v) is 7.98. The monoisotopic (exact) mass is 374 g/mol. The molecule has 0 bridgehead atoms. The van der Waals surface area contributed by atoms with Gasteiger partial charge >= 0.3 is 0 Å². The van der Waals surface area contributed by atoms with Crippen LogP contribution in [0, 0.1) is 0 Å². The second-order valence-electron chi connectivity index (χ2n) is 4.85. The molecule has 1 aromatic carbocycles. The van der Waals surface area contributed by atoms with Gasteiger partial charge in [0.05, 0.1) is 10.4 Å². The minimum absolute atomic E-state index is 0.256. The summed E-state index contributed by atoms with van der Waals surface area (Å²) in [6, 6.07) is 6.80. The molecule has 2 aromatic rings. The number of nitrogens with one attached hydrogen (secondary N) is 1. The van der Waals surface area contributed by atoms with Crippen LogP contribution in [0.2, 0.25) is 0 Å². The topological polar surface area (TPSA) is 59.1 Å². The van der Waals surface area contributed by atoms with E-state index >= 15 is 0 Å². The number of nitrogens with zero attached hydrogens (tertiary/aromatic N) is 1. The molecule has 0 saturated heterocycles. The van der Waals surface area contributed by atoms with Gasteiger partial charge in [0, 0.05) is 16.9 Å². The molecule has 20 heavy (non-hydrogen) atoms. The molecular weight excluding hydrogens is 360 g/mol. The number of hydrogen-bond acceptors (Lipinski definition) is 4. The molecule has 0 saturated carbocycles. The summed E-state index contributed by atoms with van der Waals surface area (Å²) in [4.78, 5) is 4.43. The molecule has 0 amide bonds. The molecule has 1 N–H and O–H groups in total. The van der Waals surface area contributed by atoms with E-state index < -0.39 is 15.6 Å². The lowest BCUT2D eigenvalue weighted by Crippen LogP contribution is -2.40.